The number of hydrogen-bond donors (Lipinski definition) is 10. The number of hydrogen-bond acceptors (Lipinski definition) is 28. The minimum absolute atomic E-state index is 0.00969. The number of aliphatic hydroxyl groups excluding tert-OH is 4. The van der Waals surface area contributed by atoms with Crippen LogP contribution in [0.25, 0.3) is 0 Å². The van der Waals surface area contributed by atoms with Crippen molar-refractivity contribution in [1.29, 1.82) is 0 Å². The van der Waals surface area contributed by atoms with E-state index in [9.17, 15) is 49.8 Å². The molecule has 1 amide bonds. The first-order valence-corrected chi connectivity index (χ1v) is 33.1. The lowest BCUT2D eigenvalue weighted by molar-refractivity contribution is -0.336. The number of carbonyl (C=O) groups excluding carboxylic acids is 3. The number of ketones is 1. The molecule has 11 N–H and O–H groups in total. The maximum atomic E-state index is 14.5. The molecule has 90 heavy (non-hydrogen) atoms. The standard InChI is InChI=1S/C59H81IN4O23S3/c1-13-62-31-25-80-36(23-35(31)75-8)85-49-44(68)41(27(3)82-56(49)84-34-18-16-14-15-17-20-59(74)24-33(66)42(63-57(73)79-12)39(34)30(59)19-21-88-90-58(6,7)52(61)53(70)71)64-87-37-22-32(65)51(29(5)81-37)89-54(72)38-26(2)40(60)47(50(78-11)46(38)76-9)86-55-45(69)48(77-10)43(67)28(4)83-55/h14-15,19,27-29,31-32,34-37,41,43-45,48-49,51-52,55-56,62,64-65,67-69,74H,13,21-25,61H2,1-12H3,(H,63,73)(H,70,71)/b15-14-,30-19+/t27-,28+,29-,31+,32+,34+,35+,36+,37+,41-,43+,44+,45-,48-,49-,51-,52-,55+,56+,59+/m1/s1. The maximum absolute atomic E-state index is 14.5. The molecule has 2 bridgehead atoms. The van der Waals surface area contributed by atoms with Gasteiger partial charge < -0.3 is 98.5 Å². The summed E-state index contributed by atoms with van der Waals surface area (Å²) in [7, 11) is 9.08. The van der Waals surface area contributed by atoms with Crippen LogP contribution in [-0.4, -0.2) is 234 Å². The number of allylic oxidation sites excluding steroid dienone is 3. The van der Waals surface area contributed by atoms with Gasteiger partial charge in [-0.3, -0.25) is 24.5 Å². The molecule has 0 saturated carbocycles. The second-order valence-electron chi connectivity index (χ2n) is 22.3. The average Bonchev–Trinajstić information content (AvgIpc) is 0.783. The molecule has 20 atom stereocenters. The van der Waals surface area contributed by atoms with Gasteiger partial charge in [-0.15, -0.1) is 0 Å². The Bertz CT molecular complexity index is 2960. The third kappa shape index (κ3) is 16.8. The fraction of sp³-hybridized carbons (Fsp3) is 0.661. The van der Waals surface area contributed by atoms with Crippen LogP contribution in [0.4, 0.5) is 4.79 Å². The van der Waals surface area contributed by atoms with Crippen molar-refractivity contribution in [2.75, 3.05) is 54.5 Å². The molecular formula is C59H81IN4O23S3. The zero-order chi connectivity index (χ0) is 66.1. The molecule has 6 aliphatic rings. The van der Waals surface area contributed by atoms with Gasteiger partial charge in [0.15, 0.2) is 41.8 Å². The van der Waals surface area contributed by atoms with Crippen molar-refractivity contribution in [2.24, 2.45) is 5.73 Å². The number of thioether (sulfide) groups is 1. The van der Waals surface area contributed by atoms with Gasteiger partial charge in [0.2, 0.25) is 17.2 Å². The van der Waals surface area contributed by atoms with E-state index in [0.717, 1.165) is 18.9 Å². The highest BCUT2D eigenvalue weighted by Crippen LogP contribution is 2.49. The number of hydroxylamine groups is 1. The zero-order valence-electron chi connectivity index (χ0n) is 51.7. The van der Waals surface area contributed by atoms with Crippen LogP contribution in [0.3, 0.4) is 0 Å². The third-order valence-corrected chi connectivity index (χ3v) is 21.8. The number of fused-ring (bicyclic) bond motifs is 2. The Labute approximate surface area is 548 Å². The maximum Gasteiger partial charge on any atom is 0.411 e. The number of likely N-dealkylation sites (N-methyl/N-ethyl adjacent to an activating group) is 1. The zero-order valence-corrected chi connectivity index (χ0v) is 56.4. The Balaban J connectivity index is 1.14. The van der Waals surface area contributed by atoms with Gasteiger partial charge >= 0.3 is 12.1 Å². The summed E-state index contributed by atoms with van der Waals surface area (Å²) in [5.41, 5.74) is 6.75. The first kappa shape index (κ1) is 73.5. The van der Waals surface area contributed by atoms with Gasteiger partial charge in [0, 0.05) is 48.7 Å². The highest BCUT2D eigenvalue weighted by molar-refractivity contribution is 14.1. The molecule has 0 radical (unpaired) electrons. The summed E-state index contributed by atoms with van der Waals surface area (Å²) in [5.74, 6) is 9.57. The van der Waals surface area contributed by atoms with E-state index < -0.39 is 149 Å². The number of Topliss-reactive ketones (excluding diaryl/α,β-unsaturated/α-hetero) is 1. The number of amides is 1. The number of aliphatic carboxylic acids is 1. The fourth-order valence-electron chi connectivity index (χ4n) is 11.0. The SMILES string of the molecule is CCN[C@H]1CO[C@@H](O[C@H]2[C@H](O[C@H]3C#C/C=C\C#C[C@]4(O)CC(=O)C(NC(=O)OC)=C3/C4=C\CSSC(C)(C)[C@H](N)C(=O)O)O[C@H](C)[C@@H](NO[C@H]3C[C@H](O)[C@H](SC(=O)c4c(C)c(I)c(O[C@@H]5O[C@@H](C)[C@H](O)[C@@H](OC)[C@H]5O)c(OC)c4OC)[C@@H](C)O3)[C@@H]2O)C[C@@H]1OC. The van der Waals surface area contributed by atoms with Crippen LogP contribution in [0.5, 0.6) is 17.2 Å². The number of carbonyl (C=O) groups is 4. The van der Waals surface area contributed by atoms with Gasteiger partial charge in [0.1, 0.15) is 42.7 Å². The monoisotopic (exact) mass is 1440 g/mol. The minimum Gasteiger partial charge on any atom is -0.492 e. The lowest BCUT2D eigenvalue weighted by Gasteiger charge is -2.46. The number of nitrogens with one attached hydrogen (secondary N) is 3. The number of carboxylic acids is 1. The smallest absolute Gasteiger partial charge is 0.411 e. The lowest BCUT2D eigenvalue weighted by atomic mass is 9.75. The molecule has 7 rings (SSSR count). The number of benzene rings is 1. The van der Waals surface area contributed by atoms with Crippen LogP contribution in [0.2, 0.25) is 0 Å². The summed E-state index contributed by atoms with van der Waals surface area (Å²) in [5, 5.41) is 72.6. The highest BCUT2D eigenvalue weighted by atomic mass is 127. The van der Waals surface area contributed by atoms with Gasteiger partial charge in [-0.2, -0.15) is 5.48 Å². The topological polar surface area (TPSA) is 372 Å². The molecule has 31 heteroatoms. The second-order valence-corrected chi connectivity index (χ2v) is 27.6. The predicted octanol–water partition coefficient (Wildman–Crippen LogP) is 2.11. The van der Waals surface area contributed by atoms with Crippen molar-refractivity contribution in [2.45, 2.75) is 194 Å². The summed E-state index contributed by atoms with van der Waals surface area (Å²) in [6.45, 7) is 12.6. The molecule has 0 aromatic heterocycles. The first-order chi connectivity index (χ1) is 42.7. The van der Waals surface area contributed by atoms with Crippen LogP contribution < -0.4 is 36.1 Å². The summed E-state index contributed by atoms with van der Waals surface area (Å²) >= 11 is 2.79. The molecule has 4 aliphatic heterocycles. The molecule has 0 unspecified atom stereocenters. The number of alkyl carbamates (subject to hydrolysis) is 1. The number of carboxylic acid groups (broad SMARTS) is 1. The number of ether oxygens (including phenoxy) is 12. The van der Waals surface area contributed by atoms with Crippen LogP contribution >= 0.6 is 55.9 Å². The summed E-state index contributed by atoms with van der Waals surface area (Å²) in [6, 6.07) is -2.60. The van der Waals surface area contributed by atoms with E-state index in [4.69, 9.17) is 67.4 Å². The first-order valence-electron chi connectivity index (χ1n) is 28.9. The van der Waals surface area contributed by atoms with Crippen molar-refractivity contribution >= 4 is 78.9 Å². The Morgan fingerprint density at radius 2 is 1.60 bits per heavy atom. The van der Waals surface area contributed by atoms with Crippen molar-refractivity contribution < 1.29 is 111 Å². The Morgan fingerprint density at radius 3 is 2.24 bits per heavy atom. The summed E-state index contributed by atoms with van der Waals surface area (Å²) in [6.07, 6.45) is -14.9. The fourth-order valence-corrected chi connectivity index (χ4v) is 15.2. The van der Waals surface area contributed by atoms with E-state index in [1.165, 1.54) is 55.1 Å². The molecule has 4 fully saturated rings. The van der Waals surface area contributed by atoms with E-state index in [1.807, 2.05) is 29.5 Å². The predicted molar refractivity (Wildman–Crippen MR) is 336 cm³/mol. The van der Waals surface area contributed by atoms with E-state index in [1.54, 1.807) is 54.7 Å². The lowest BCUT2D eigenvalue weighted by Crippen LogP contribution is -2.65. The number of rotatable bonds is 24. The number of nitrogens with two attached hydrogens (primary N) is 1. The van der Waals surface area contributed by atoms with Crippen molar-refractivity contribution in [3.8, 4) is 40.9 Å². The molecule has 1 aromatic rings. The van der Waals surface area contributed by atoms with Crippen LogP contribution in [-0.2, 0) is 57.1 Å². The van der Waals surface area contributed by atoms with Crippen molar-refractivity contribution in [1.82, 2.24) is 16.1 Å². The Kier molecular flexibility index (Phi) is 26.6. The normalized spacial score (nSPS) is 34.8. The van der Waals surface area contributed by atoms with E-state index in [2.05, 4.69) is 39.8 Å². The van der Waals surface area contributed by atoms with Crippen LogP contribution in [0.15, 0.2) is 35.1 Å². The number of halogens is 1. The largest absolute Gasteiger partial charge is 0.492 e. The minimum atomic E-state index is -2.20. The third-order valence-electron chi connectivity index (χ3n) is 15.9. The highest BCUT2D eigenvalue weighted by Gasteiger charge is 2.52. The quantitative estimate of drug-likeness (QED) is 0.0233. The molecule has 1 aromatic carbocycles. The molecule has 0 spiro atoms. The molecular weight excluding hydrogens is 1360 g/mol. The molecule has 4 saturated heterocycles. The number of aliphatic hydroxyl groups is 5. The summed E-state index contributed by atoms with van der Waals surface area (Å²) in [4.78, 5) is 59.7. The van der Waals surface area contributed by atoms with Gasteiger partial charge in [-0.05, 0) is 88.4 Å². The molecule has 27 nitrogen and oxygen atoms in total. The van der Waals surface area contributed by atoms with Gasteiger partial charge in [0.05, 0.1) is 97.0 Å². The second kappa shape index (κ2) is 32.5. The van der Waals surface area contributed by atoms with Crippen molar-refractivity contribution in [3.63, 3.8) is 0 Å². The van der Waals surface area contributed by atoms with Gasteiger partial charge in [-0.25, -0.2) is 4.79 Å². The Hall–Kier alpha value is -3.86. The molecule has 2 aliphatic carbocycles. The van der Waals surface area contributed by atoms with Crippen molar-refractivity contribution in [3.05, 3.63) is 49.8 Å². The van der Waals surface area contributed by atoms with Gasteiger partial charge in [-0.1, -0.05) is 70.0 Å². The van der Waals surface area contributed by atoms with E-state index >= 15 is 0 Å². The van der Waals surface area contributed by atoms with E-state index in [-0.39, 0.29) is 70.9 Å². The summed E-state index contributed by atoms with van der Waals surface area (Å²) < 4.78 is 71.6. The average molecular weight is 1440 g/mol. The Morgan fingerprint density at radius 1 is 0.900 bits per heavy atom. The van der Waals surface area contributed by atoms with Crippen LogP contribution in [0, 0.1) is 34.2 Å². The van der Waals surface area contributed by atoms with Gasteiger partial charge in [0.25, 0.3) is 0 Å². The van der Waals surface area contributed by atoms with Crippen LogP contribution in [0.1, 0.15) is 76.7 Å². The number of methoxy groups -OCH3 is 5. The molecule has 500 valence electrons. The molecule has 4 heterocycles. The van der Waals surface area contributed by atoms with E-state index in [0.29, 0.717) is 15.7 Å².